The number of aromatic nitrogens is 2. The Morgan fingerprint density at radius 1 is 1.24 bits per heavy atom. The molecular formula is C11H8Cl2FN3. The first kappa shape index (κ1) is 12.1. The Morgan fingerprint density at radius 2 is 2.00 bits per heavy atom. The van der Waals surface area contributed by atoms with Gasteiger partial charge in [0.25, 0.3) is 0 Å². The predicted octanol–water partition coefficient (Wildman–Crippen LogP) is 3.53. The van der Waals surface area contributed by atoms with Crippen LogP contribution in [0.5, 0.6) is 0 Å². The number of rotatable bonds is 3. The predicted molar refractivity (Wildman–Crippen MR) is 65.8 cm³/mol. The van der Waals surface area contributed by atoms with Crippen LogP contribution in [0, 0.1) is 5.82 Å². The van der Waals surface area contributed by atoms with E-state index in [0.29, 0.717) is 11.6 Å². The van der Waals surface area contributed by atoms with Gasteiger partial charge in [-0.3, -0.25) is 0 Å². The summed E-state index contributed by atoms with van der Waals surface area (Å²) in [6.07, 6.45) is 1.02. The lowest BCUT2D eigenvalue weighted by Gasteiger charge is -2.07. The molecule has 88 valence electrons. The fraction of sp³-hybridized carbons (Fsp3) is 0.0909. The van der Waals surface area contributed by atoms with Gasteiger partial charge in [0, 0.05) is 11.6 Å². The quantitative estimate of drug-likeness (QED) is 0.868. The van der Waals surface area contributed by atoms with Crippen LogP contribution < -0.4 is 5.32 Å². The molecule has 6 heteroatoms. The number of benzene rings is 1. The summed E-state index contributed by atoms with van der Waals surface area (Å²) in [7, 11) is 0. The Kier molecular flexibility index (Phi) is 3.76. The minimum Gasteiger partial charge on any atom is -0.363 e. The second kappa shape index (κ2) is 5.29. The molecule has 2 rings (SSSR count). The summed E-state index contributed by atoms with van der Waals surface area (Å²) in [5.41, 5.74) is 0.850. The van der Waals surface area contributed by atoms with Gasteiger partial charge in [-0.25, -0.2) is 9.37 Å². The highest BCUT2D eigenvalue weighted by Crippen LogP contribution is 2.18. The normalized spacial score (nSPS) is 10.3. The molecule has 0 radical (unpaired) electrons. The highest BCUT2D eigenvalue weighted by atomic mass is 35.5. The van der Waals surface area contributed by atoms with Crippen LogP contribution in [0.15, 0.2) is 30.5 Å². The fourth-order valence-corrected chi connectivity index (χ4v) is 1.63. The van der Waals surface area contributed by atoms with Crippen LogP contribution in [0.3, 0.4) is 0 Å². The van der Waals surface area contributed by atoms with Crippen molar-refractivity contribution < 1.29 is 4.39 Å². The van der Waals surface area contributed by atoms with E-state index >= 15 is 0 Å². The zero-order valence-corrected chi connectivity index (χ0v) is 10.1. The smallest absolute Gasteiger partial charge is 0.224 e. The van der Waals surface area contributed by atoms with E-state index in [4.69, 9.17) is 23.2 Å². The Balaban J connectivity index is 2.12. The van der Waals surface area contributed by atoms with Crippen LogP contribution >= 0.6 is 23.2 Å². The summed E-state index contributed by atoms with van der Waals surface area (Å²) >= 11 is 11.5. The highest BCUT2D eigenvalue weighted by molar-refractivity contribution is 6.31. The van der Waals surface area contributed by atoms with Crippen molar-refractivity contribution in [3.05, 3.63) is 52.1 Å². The molecule has 2 aromatic rings. The van der Waals surface area contributed by atoms with E-state index in [1.165, 1.54) is 0 Å². The fourth-order valence-electron chi connectivity index (χ4n) is 1.29. The first-order chi connectivity index (χ1) is 8.16. The van der Waals surface area contributed by atoms with Crippen LogP contribution in [0.2, 0.25) is 10.3 Å². The zero-order chi connectivity index (χ0) is 12.3. The van der Waals surface area contributed by atoms with Gasteiger partial charge >= 0.3 is 0 Å². The van der Waals surface area contributed by atoms with Crippen LogP contribution in [0.4, 0.5) is 10.2 Å². The largest absolute Gasteiger partial charge is 0.363 e. The molecule has 1 aromatic heterocycles. The van der Waals surface area contributed by atoms with Crippen molar-refractivity contribution in [2.75, 3.05) is 5.32 Å². The van der Waals surface area contributed by atoms with Crippen molar-refractivity contribution in [1.82, 2.24) is 9.97 Å². The minimum atomic E-state index is -0.554. The molecule has 0 saturated carbocycles. The number of anilines is 1. The summed E-state index contributed by atoms with van der Waals surface area (Å²) in [6, 6.07) is 7.29. The van der Waals surface area contributed by atoms with Gasteiger partial charge in [0.05, 0.1) is 6.20 Å². The molecule has 1 N–H and O–H groups in total. The Bertz CT molecular complexity index is 534. The third-order valence-electron chi connectivity index (χ3n) is 2.12. The van der Waals surface area contributed by atoms with Gasteiger partial charge in [-0.2, -0.15) is 4.98 Å². The van der Waals surface area contributed by atoms with Crippen LogP contribution in [0.1, 0.15) is 5.56 Å². The van der Waals surface area contributed by atoms with E-state index in [2.05, 4.69) is 15.3 Å². The molecule has 0 aliphatic carbocycles. The number of halogens is 3. The molecule has 3 nitrogen and oxygen atoms in total. The molecule has 0 aliphatic heterocycles. The molecular weight excluding hydrogens is 264 g/mol. The van der Waals surface area contributed by atoms with Crippen molar-refractivity contribution in [2.45, 2.75) is 6.54 Å². The molecule has 17 heavy (non-hydrogen) atoms. The molecule has 0 unspecified atom stereocenters. The molecule has 0 amide bonds. The van der Waals surface area contributed by atoms with E-state index in [1.54, 1.807) is 6.07 Å². The molecule has 0 aliphatic rings. The summed E-state index contributed by atoms with van der Waals surface area (Å²) in [5, 5.41) is 3.42. The Morgan fingerprint density at radius 3 is 2.76 bits per heavy atom. The zero-order valence-electron chi connectivity index (χ0n) is 8.62. The van der Waals surface area contributed by atoms with Crippen molar-refractivity contribution in [3.63, 3.8) is 0 Å². The number of hydrogen-bond acceptors (Lipinski definition) is 3. The first-order valence-electron chi connectivity index (χ1n) is 4.82. The van der Waals surface area contributed by atoms with Crippen molar-refractivity contribution in [2.24, 2.45) is 0 Å². The second-order valence-corrected chi connectivity index (χ2v) is 4.03. The number of nitrogens with zero attached hydrogens (tertiary/aromatic N) is 2. The first-order valence-corrected chi connectivity index (χ1v) is 5.58. The van der Waals surface area contributed by atoms with Gasteiger partial charge in [-0.1, -0.05) is 29.8 Å². The molecule has 0 fully saturated rings. The van der Waals surface area contributed by atoms with Crippen molar-refractivity contribution >= 4 is 29.0 Å². The van der Waals surface area contributed by atoms with E-state index in [0.717, 1.165) is 11.8 Å². The number of nitrogens with one attached hydrogen (secondary N) is 1. The lowest BCUT2D eigenvalue weighted by molar-refractivity contribution is 0.616. The van der Waals surface area contributed by atoms with Crippen molar-refractivity contribution in [1.29, 1.82) is 0 Å². The topological polar surface area (TPSA) is 37.8 Å². The molecule has 0 atom stereocenters. The molecule has 0 spiro atoms. The maximum Gasteiger partial charge on any atom is 0.224 e. The van der Waals surface area contributed by atoms with E-state index in [-0.39, 0.29) is 11.1 Å². The van der Waals surface area contributed by atoms with Crippen LogP contribution in [0.25, 0.3) is 0 Å². The van der Waals surface area contributed by atoms with Gasteiger partial charge in [-0.15, -0.1) is 0 Å². The highest BCUT2D eigenvalue weighted by Gasteiger charge is 2.06. The van der Waals surface area contributed by atoms with Crippen molar-refractivity contribution in [3.8, 4) is 0 Å². The van der Waals surface area contributed by atoms with Crippen LogP contribution in [-0.2, 0) is 6.54 Å². The standard InChI is InChI=1S/C11H8Cl2FN3/c12-8-4-2-1-3-7(8)5-15-10-9(14)6-16-11(13)17-10/h1-4,6H,5H2,(H,15,16,17). The van der Waals surface area contributed by atoms with E-state index < -0.39 is 5.82 Å². The number of hydrogen-bond donors (Lipinski definition) is 1. The van der Waals surface area contributed by atoms with Gasteiger partial charge in [0.2, 0.25) is 5.28 Å². The van der Waals surface area contributed by atoms with E-state index in [9.17, 15) is 4.39 Å². The maximum absolute atomic E-state index is 13.3. The Labute approximate surface area is 108 Å². The summed E-state index contributed by atoms with van der Waals surface area (Å²) in [5.74, 6) is -0.494. The lowest BCUT2D eigenvalue weighted by Crippen LogP contribution is -2.04. The average Bonchev–Trinajstić information content (AvgIpc) is 2.32. The second-order valence-electron chi connectivity index (χ2n) is 3.28. The van der Waals surface area contributed by atoms with Crippen LogP contribution in [-0.4, -0.2) is 9.97 Å². The molecule has 0 bridgehead atoms. The van der Waals surface area contributed by atoms with Gasteiger partial charge < -0.3 is 5.32 Å². The van der Waals surface area contributed by atoms with E-state index in [1.807, 2.05) is 18.2 Å². The summed E-state index contributed by atoms with van der Waals surface area (Å²) in [6.45, 7) is 0.365. The summed E-state index contributed by atoms with van der Waals surface area (Å²) in [4.78, 5) is 7.27. The molecule has 0 saturated heterocycles. The monoisotopic (exact) mass is 271 g/mol. The third-order valence-corrected chi connectivity index (χ3v) is 2.67. The maximum atomic E-state index is 13.3. The molecule has 1 heterocycles. The molecule has 1 aromatic carbocycles. The van der Waals surface area contributed by atoms with Gasteiger partial charge in [0.1, 0.15) is 0 Å². The van der Waals surface area contributed by atoms with Gasteiger partial charge in [0.15, 0.2) is 11.6 Å². The lowest BCUT2D eigenvalue weighted by atomic mass is 10.2. The minimum absolute atomic E-state index is 0.00643. The third kappa shape index (κ3) is 3.05. The summed E-state index contributed by atoms with van der Waals surface area (Å²) < 4.78 is 13.3. The van der Waals surface area contributed by atoms with Gasteiger partial charge in [-0.05, 0) is 23.2 Å². The Hall–Kier alpha value is -1.39. The SMILES string of the molecule is Fc1cnc(Cl)nc1NCc1ccccc1Cl. The average molecular weight is 272 g/mol.